The number of carboxylic acid groups (broad SMARTS) is 1. The van der Waals surface area contributed by atoms with E-state index in [9.17, 15) is 9.59 Å². The third-order valence-electron chi connectivity index (χ3n) is 3.53. The van der Waals surface area contributed by atoms with Crippen molar-refractivity contribution in [3.63, 3.8) is 0 Å². The van der Waals surface area contributed by atoms with Crippen molar-refractivity contribution in [2.24, 2.45) is 0 Å². The molecule has 10 heteroatoms. The summed E-state index contributed by atoms with van der Waals surface area (Å²) in [5, 5.41) is 13.0. The van der Waals surface area contributed by atoms with E-state index in [1.807, 2.05) is 0 Å². The number of hydrogen-bond acceptors (Lipinski definition) is 7. The fourth-order valence-corrected chi connectivity index (χ4v) is 2.41. The lowest BCUT2D eigenvalue weighted by atomic mass is 10.2. The summed E-state index contributed by atoms with van der Waals surface area (Å²) in [7, 11) is 4.28. The first-order chi connectivity index (χ1) is 12.0. The highest BCUT2D eigenvalue weighted by Crippen LogP contribution is 2.41. The van der Waals surface area contributed by atoms with Crippen LogP contribution in [-0.4, -0.2) is 52.2 Å². The maximum Gasteiger partial charge on any atom is 0.338 e. The van der Waals surface area contributed by atoms with Gasteiger partial charge in [0.05, 0.1) is 38.6 Å². The van der Waals surface area contributed by atoms with Gasteiger partial charge in [0.2, 0.25) is 11.7 Å². The van der Waals surface area contributed by atoms with E-state index in [1.165, 1.54) is 33.6 Å². The van der Waals surface area contributed by atoms with E-state index in [-0.39, 0.29) is 33.9 Å². The van der Waals surface area contributed by atoms with Gasteiger partial charge < -0.3 is 19.3 Å². The predicted octanol–water partition coefficient (Wildman–Crippen LogP) is 0.833. The molecule has 0 aliphatic carbocycles. The van der Waals surface area contributed by atoms with Gasteiger partial charge in [-0.25, -0.2) is 14.5 Å². The Morgan fingerprint density at radius 1 is 1.20 bits per heavy atom. The van der Waals surface area contributed by atoms with Crippen LogP contribution >= 0.6 is 0 Å². The maximum atomic E-state index is 12.5. The largest absolute Gasteiger partial charge is 0.493 e. The first kappa shape index (κ1) is 16.3. The van der Waals surface area contributed by atoms with Crippen LogP contribution < -0.4 is 19.8 Å². The minimum absolute atomic E-state index is 0.0346. The highest BCUT2D eigenvalue weighted by molar-refractivity contribution is 5.90. The zero-order valence-electron chi connectivity index (χ0n) is 13.6. The number of fused-ring (bicyclic) bond motifs is 1. The lowest BCUT2D eigenvalue weighted by Gasteiger charge is -2.14. The first-order valence-electron chi connectivity index (χ1n) is 7.01. The van der Waals surface area contributed by atoms with Gasteiger partial charge in [0.15, 0.2) is 11.5 Å². The minimum atomic E-state index is -1.14. The first-order valence-corrected chi connectivity index (χ1v) is 7.01. The molecule has 130 valence electrons. The summed E-state index contributed by atoms with van der Waals surface area (Å²) in [4.78, 5) is 30.4. The zero-order chi connectivity index (χ0) is 18.1. The van der Waals surface area contributed by atoms with Gasteiger partial charge in [0, 0.05) is 12.3 Å². The molecule has 0 atom stereocenters. The average molecular weight is 346 g/mol. The minimum Gasteiger partial charge on any atom is -0.493 e. The van der Waals surface area contributed by atoms with Crippen molar-refractivity contribution in [2.75, 3.05) is 21.3 Å². The third-order valence-corrected chi connectivity index (χ3v) is 3.53. The topological polar surface area (TPSA) is 129 Å². The molecule has 2 N–H and O–H groups in total. The number of hydrogen-bond donors (Lipinski definition) is 2. The summed E-state index contributed by atoms with van der Waals surface area (Å²) in [6.45, 7) is 0. The van der Waals surface area contributed by atoms with Gasteiger partial charge >= 0.3 is 5.97 Å². The fourth-order valence-electron chi connectivity index (χ4n) is 2.41. The van der Waals surface area contributed by atoms with Gasteiger partial charge in [-0.15, -0.1) is 0 Å². The van der Waals surface area contributed by atoms with E-state index < -0.39 is 11.5 Å². The summed E-state index contributed by atoms with van der Waals surface area (Å²) in [5.41, 5.74) is -0.251. The van der Waals surface area contributed by atoms with Crippen molar-refractivity contribution in [3.05, 3.63) is 34.4 Å². The van der Waals surface area contributed by atoms with Crippen LogP contribution in [0.4, 0.5) is 0 Å². The van der Waals surface area contributed by atoms with Crippen LogP contribution in [-0.2, 0) is 0 Å². The number of ether oxygens (including phenoxy) is 3. The molecule has 0 radical (unpaired) electrons. The number of H-pyrrole nitrogens is 1. The fraction of sp³-hybridized carbons (Fsp3) is 0.200. The Bertz CT molecular complexity index is 1020. The molecule has 0 aliphatic rings. The summed E-state index contributed by atoms with van der Waals surface area (Å²) < 4.78 is 17.0. The second-order valence-electron chi connectivity index (χ2n) is 4.91. The molecular formula is C15H14N4O6. The standard InChI is InChI=1S/C15H14N4O6/c1-23-9-4-8-10(12(25-3)11(9)24-2)13(20)18-15(17-8)19-6-7(5-16-19)14(21)22/h4-6H,1-3H3,(H,21,22)(H,17,18,20). The highest BCUT2D eigenvalue weighted by Gasteiger charge is 2.20. The Kier molecular flexibility index (Phi) is 4.01. The molecule has 0 spiro atoms. The van der Waals surface area contributed by atoms with Crippen LogP contribution in [0.3, 0.4) is 0 Å². The van der Waals surface area contributed by atoms with E-state index in [0.717, 1.165) is 10.9 Å². The van der Waals surface area contributed by atoms with Crippen molar-refractivity contribution in [2.45, 2.75) is 0 Å². The molecule has 0 amide bonds. The lowest BCUT2D eigenvalue weighted by molar-refractivity contribution is 0.0697. The van der Waals surface area contributed by atoms with Crippen LogP contribution in [0.15, 0.2) is 23.3 Å². The molecule has 0 unspecified atom stereocenters. The van der Waals surface area contributed by atoms with Gasteiger partial charge in [-0.2, -0.15) is 5.10 Å². The Labute approximate surface area is 140 Å². The smallest absolute Gasteiger partial charge is 0.338 e. The number of carbonyl (C=O) groups is 1. The van der Waals surface area contributed by atoms with Crippen molar-refractivity contribution in [1.29, 1.82) is 0 Å². The number of nitrogens with zero attached hydrogens (tertiary/aromatic N) is 3. The van der Waals surface area contributed by atoms with E-state index in [0.29, 0.717) is 5.75 Å². The molecule has 0 saturated carbocycles. The summed E-state index contributed by atoms with van der Waals surface area (Å²) in [6, 6.07) is 1.52. The molecule has 2 aromatic heterocycles. The van der Waals surface area contributed by atoms with Gasteiger partial charge in [-0.1, -0.05) is 0 Å². The summed E-state index contributed by atoms with van der Waals surface area (Å²) >= 11 is 0. The van der Waals surface area contributed by atoms with Crippen molar-refractivity contribution in [1.82, 2.24) is 19.7 Å². The molecule has 1 aromatic carbocycles. The van der Waals surface area contributed by atoms with Crippen molar-refractivity contribution in [3.8, 4) is 23.2 Å². The predicted molar refractivity (Wildman–Crippen MR) is 86.1 cm³/mol. The van der Waals surface area contributed by atoms with E-state index in [1.54, 1.807) is 0 Å². The summed E-state index contributed by atoms with van der Waals surface area (Å²) in [5.74, 6) is -0.294. The number of carboxylic acids is 1. The molecule has 3 rings (SSSR count). The van der Waals surface area contributed by atoms with Crippen molar-refractivity contribution >= 4 is 16.9 Å². The molecule has 10 nitrogen and oxygen atoms in total. The van der Waals surface area contributed by atoms with E-state index in [2.05, 4.69) is 15.1 Å². The average Bonchev–Trinajstić information content (AvgIpc) is 3.10. The van der Waals surface area contributed by atoms with Gasteiger partial charge in [0.25, 0.3) is 5.56 Å². The maximum absolute atomic E-state index is 12.5. The molecule has 0 bridgehead atoms. The number of nitrogens with one attached hydrogen (secondary N) is 1. The quantitative estimate of drug-likeness (QED) is 0.695. The van der Waals surface area contributed by atoms with Gasteiger partial charge in [0.1, 0.15) is 5.39 Å². The number of rotatable bonds is 5. The Morgan fingerprint density at radius 3 is 2.48 bits per heavy atom. The molecule has 0 aliphatic heterocycles. The number of aromatic nitrogens is 4. The summed E-state index contributed by atoms with van der Waals surface area (Å²) in [6.07, 6.45) is 2.39. The molecule has 3 aromatic rings. The van der Waals surface area contributed by atoms with E-state index >= 15 is 0 Å². The van der Waals surface area contributed by atoms with Crippen LogP contribution in [0.5, 0.6) is 17.2 Å². The number of methoxy groups -OCH3 is 3. The number of aromatic carboxylic acids is 1. The molecule has 25 heavy (non-hydrogen) atoms. The Hall–Kier alpha value is -3.56. The SMILES string of the molecule is COc1cc2nc(-n3cc(C(=O)O)cn3)[nH]c(=O)c2c(OC)c1OC. The molecule has 0 saturated heterocycles. The molecule has 2 heterocycles. The second kappa shape index (κ2) is 6.15. The normalized spacial score (nSPS) is 10.7. The lowest BCUT2D eigenvalue weighted by Crippen LogP contribution is -2.15. The Balaban J connectivity index is 2.28. The van der Waals surface area contributed by atoms with Crippen LogP contribution in [0.1, 0.15) is 10.4 Å². The number of aromatic amines is 1. The van der Waals surface area contributed by atoms with Crippen LogP contribution in [0.25, 0.3) is 16.9 Å². The number of benzene rings is 1. The van der Waals surface area contributed by atoms with Crippen LogP contribution in [0.2, 0.25) is 0 Å². The second-order valence-corrected chi connectivity index (χ2v) is 4.91. The van der Waals surface area contributed by atoms with Crippen LogP contribution in [0, 0.1) is 0 Å². The zero-order valence-corrected chi connectivity index (χ0v) is 13.6. The Morgan fingerprint density at radius 2 is 1.92 bits per heavy atom. The third kappa shape index (κ3) is 2.63. The van der Waals surface area contributed by atoms with Gasteiger partial charge in [-0.3, -0.25) is 9.78 Å². The molecular weight excluding hydrogens is 332 g/mol. The van der Waals surface area contributed by atoms with Gasteiger partial charge in [-0.05, 0) is 0 Å². The van der Waals surface area contributed by atoms with E-state index in [4.69, 9.17) is 19.3 Å². The monoisotopic (exact) mass is 346 g/mol. The van der Waals surface area contributed by atoms with Crippen molar-refractivity contribution < 1.29 is 24.1 Å². The highest BCUT2D eigenvalue weighted by atomic mass is 16.5. The molecule has 0 fully saturated rings.